The van der Waals surface area contributed by atoms with E-state index < -0.39 is 0 Å². The van der Waals surface area contributed by atoms with Gasteiger partial charge < -0.3 is 15.8 Å². The molecule has 1 aromatic carbocycles. The summed E-state index contributed by atoms with van der Waals surface area (Å²) in [5.74, 6) is 0.987. The summed E-state index contributed by atoms with van der Waals surface area (Å²) < 4.78 is 5.37. The van der Waals surface area contributed by atoms with Crippen LogP contribution in [0.3, 0.4) is 0 Å². The number of benzene rings is 1. The number of hydrogen-bond acceptors (Lipinski definition) is 3. The molecule has 0 spiro atoms. The summed E-state index contributed by atoms with van der Waals surface area (Å²) in [5.41, 5.74) is 9.53. The van der Waals surface area contributed by atoms with E-state index in [0.29, 0.717) is 6.54 Å². The van der Waals surface area contributed by atoms with E-state index in [1.807, 2.05) is 0 Å². The third-order valence-corrected chi connectivity index (χ3v) is 3.21. The Hall–Kier alpha value is -1.06. The van der Waals surface area contributed by atoms with Crippen LogP contribution in [0.4, 0.5) is 0 Å². The molecule has 18 heavy (non-hydrogen) atoms. The van der Waals surface area contributed by atoms with Crippen LogP contribution >= 0.6 is 0 Å². The van der Waals surface area contributed by atoms with Crippen molar-refractivity contribution in [2.45, 2.75) is 34.2 Å². The first-order chi connectivity index (χ1) is 8.39. The van der Waals surface area contributed by atoms with Crippen LogP contribution in [0.1, 0.15) is 30.5 Å². The third kappa shape index (κ3) is 4.00. The minimum atomic E-state index is 0.149. The normalized spacial score (nSPS) is 11.7. The van der Waals surface area contributed by atoms with Gasteiger partial charge in [0, 0.05) is 13.1 Å². The second kappa shape index (κ2) is 6.21. The molecule has 1 aromatic rings. The van der Waals surface area contributed by atoms with Crippen LogP contribution in [0.15, 0.2) is 12.1 Å². The second-order valence-electron chi connectivity index (χ2n) is 5.73. The van der Waals surface area contributed by atoms with Gasteiger partial charge in [0.25, 0.3) is 0 Å². The highest BCUT2D eigenvalue weighted by atomic mass is 16.5. The first-order valence-corrected chi connectivity index (χ1v) is 6.44. The molecule has 3 nitrogen and oxygen atoms in total. The predicted octanol–water partition coefficient (Wildman–Crippen LogP) is 2.39. The summed E-state index contributed by atoms with van der Waals surface area (Å²) in [5, 5.41) is 3.46. The predicted molar refractivity (Wildman–Crippen MR) is 77.0 cm³/mol. The van der Waals surface area contributed by atoms with E-state index >= 15 is 0 Å². The largest absolute Gasteiger partial charge is 0.496 e. The Balaban J connectivity index is 2.64. The van der Waals surface area contributed by atoms with Gasteiger partial charge in [0.05, 0.1) is 7.11 Å². The molecule has 0 aromatic heterocycles. The summed E-state index contributed by atoms with van der Waals surface area (Å²) in [4.78, 5) is 0. The smallest absolute Gasteiger partial charge is 0.124 e. The summed E-state index contributed by atoms with van der Waals surface area (Å²) in [6.45, 7) is 11.0. The number of rotatable bonds is 6. The van der Waals surface area contributed by atoms with E-state index in [-0.39, 0.29) is 5.41 Å². The van der Waals surface area contributed by atoms with Crippen LogP contribution in [-0.2, 0) is 6.54 Å². The number of hydrogen-bond donors (Lipinski definition) is 2. The fourth-order valence-corrected chi connectivity index (χ4v) is 2.08. The van der Waals surface area contributed by atoms with Gasteiger partial charge >= 0.3 is 0 Å². The van der Waals surface area contributed by atoms with Crippen molar-refractivity contribution in [3.63, 3.8) is 0 Å². The van der Waals surface area contributed by atoms with Crippen LogP contribution in [0, 0.1) is 19.3 Å². The Morgan fingerprint density at radius 3 is 2.22 bits per heavy atom. The van der Waals surface area contributed by atoms with Crippen LogP contribution in [0.25, 0.3) is 0 Å². The minimum absolute atomic E-state index is 0.149. The van der Waals surface area contributed by atoms with E-state index in [0.717, 1.165) is 18.8 Å². The van der Waals surface area contributed by atoms with Crippen LogP contribution in [0.2, 0.25) is 0 Å². The van der Waals surface area contributed by atoms with Crippen LogP contribution < -0.4 is 15.8 Å². The second-order valence-corrected chi connectivity index (χ2v) is 5.73. The van der Waals surface area contributed by atoms with Crippen molar-refractivity contribution in [1.29, 1.82) is 0 Å². The van der Waals surface area contributed by atoms with Gasteiger partial charge in [0.15, 0.2) is 0 Å². The molecule has 0 saturated heterocycles. The molecule has 0 radical (unpaired) electrons. The minimum Gasteiger partial charge on any atom is -0.496 e. The quantitative estimate of drug-likeness (QED) is 0.815. The maximum Gasteiger partial charge on any atom is 0.124 e. The van der Waals surface area contributed by atoms with Gasteiger partial charge in [-0.2, -0.15) is 0 Å². The molecular weight excluding hydrogens is 224 g/mol. The van der Waals surface area contributed by atoms with Gasteiger partial charge in [0.2, 0.25) is 0 Å². The fourth-order valence-electron chi connectivity index (χ4n) is 2.08. The molecule has 102 valence electrons. The van der Waals surface area contributed by atoms with E-state index in [2.05, 4.69) is 45.1 Å². The molecule has 0 unspecified atom stereocenters. The van der Waals surface area contributed by atoms with Crippen LogP contribution in [-0.4, -0.2) is 20.2 Å². The number of ether oxygens (including phenoxy) is 1. The first-order valence-electron chi connectivity index (χ1n) is 6.44. The fraction of sp³-hybridized carbons (Fsp3) is 0.600. The molecule has 0 amide bonds. The van der Waals surface area contributed by atoms with E-state index in [9.17, 15) is 0 Å². The van der Waals surface area contributed by atoms with Gasteiger partial charge in [-0.1, -0.05) is 26.0 Å². The monoisotopic (exact) mass is 250 g/mol. The van der Waals surface area contributed by atoms with Crippen molar-refractivity contribution in [3.8, 4) is 5.75 Å². The van der Waals surface area contributed by atoms with Crippen molar-refractivity contribution in [2.24, 2.45) is 11.1 Å². The molecule has 3 N–H and O–H groups in total. The zero-order chi connectivity index (χ0) is 13.8. The molecule has 0 bridgehead atoms. The Morgan fingerprint density at radius 1 is 1.22 bits per heavy atom. The van der Waals surface area contributed by atoms with E-state index in [1.54, 1.807) is 7.11 Å². The highest BCUT2D eigenvalue weighted by molar-refractivity contribution is 5.43. The third-order valence-electron chi connectivity index (χ3n) is 3.21. The Morgan fingerprint density at radius 2 is 1.78 bits per heavy atom. The Kier molecular flexibility index (Phi) is 5.17. The van der Waals surface area contributed by atoms with E-state index in [1.165, 1.54) is 16.7 Å². The molecule has 0 atom stereocenters. The lowest BCUT2D eigenvalue weighted by Gasteiger charge is -2.23. The summed E-state index contributed by atoms with van der Waals surface area (Å²) in [6.07, 6.45) is 0. The lowest BCUT2D eigenvalue weighted by molar-refractivity contribution is 0.351. The SMILES string of the molecule is COc1c(C)cc(CNCC(C)(C)CN)cc1C. The average Bonchev–Trinajstić information content (AvgIpc) is 2.28. The zero-order valence-electron chi connectivity index (χ0n) is 12.3. The molecule has 1 rings (SSSR count). The maximum absolute atomic E-state index is 5.72. The Bertz CT molecular complexity index is 376. The Labute approximate surface area is 111 Å². The number of aryl methyl sites for hydroxylation is 2. The maximum atomic E-state index is 5.72. The van der Waals surface area contributed by atoms with E-state index in [4.69, 9.17) is 10.5 Å². The van der Waals surface area contributed by atoms with Gasteiger partial charge in [-0.05, 0) is 42.5 Å². The van der Waals surface area contributed by atoms with Gasteiger partial charge in [-0.25, -0.2) is 0 Å². The highest BCUT2D eigenvalue weighted by Crippen LogP contribution is 2.24. The number of nitrogens with two attached hydrogens (primary N) is 1. The first kappa shape index (κ1) is 15.0. The molecule has 0 heterocycles. The standard InChI is InChI=1S/C15H26N2O/c1-11-6-13(7-12(2)14(11)18-5)8-17-10-15(3,4)9-16/h6-7,17H,8-10,16H2,1-5H3. The average molecular weight is 250 g/mol. The molecular formula is C15H26N2O. The van der Waals surface area contributed by atoms with Crippen molar-refractivity contribution in [2.75, 3.05) is 20.2 Å². The topological polar surface area (TPSA) is 47.3 Å². The van der Waals surface area contributed by atoms with Gasteiger partial charge in [-0.15, -0.1) is 0 Å². The number of nitrogens with one attached hydrogen (secondary N) is 1. The molecule has 0 saturated carbocycles. The number of methoxy groups -OCH3 is 1. The summed E-state index contributed by atoms with van der Waals surface area (Å²) in [6, 6.07) is 4.35. The zero-order valence-corrected chi connectivity index (χ0v) is 12.3. The van der Waals surface area contributed by atoms with Crippen molar-refractivity contribution in [3.05, 3.63) is 28.8 Å². The van der Waals surface area contributed by atoms with Crippen molar-refractivity contribution in [1.82, 2.24) is 5.32 Å². The summed E-state index contributed by atoms with van der Waals surface area (Å²) in [7, 11) is 1.72. The van der Waals surface area contributed by atoms with Crippen molar-refractivity contribution >= 4 is 0 Å². The lowest BCUT2D eigenvalue weighted by Crippen LogP contribution is -2.35. The molecule has 0 aliphatic heterocycles. The summed E-state index contributed by atoms with van der Waals surface area (Å²) >= 11 is 0. The van der Waals surface area contributed by atoms with Crippen molar-refractivity contribution < 1.29 is 4.74 Å². The van der Waals surface area contributed by atoms with Crippen LogP contribution in [0.5, 0.6) is 5.75 Å². The molecule has 0 aliphatic rings. The molecule has 0 fully saturated rings. The molecule has 0 aliphatic carbocycles. The van der Waals surface area contributed by atoms with Gasteiger partial charge in [0.1, 0.15) is 5.75 Å². The molecule has 3 heteroatoms. The van der Waals surface area contributed by atoms with Gasteiger partial charge in [-0.3, -0.25) is 0 Å². The highest BCUT2D eigenvalue weighted by Gasteiger charge is 2.14. The lowest BCUT2D eigenvalue weighted by atomic mass is 9.94.